The van der Waals surface area contributed by atoms with E-state index in [0.29, 0.717) is 18.4 Å². The number of carbonyl (C=O) groups is 2. The molecule has 25 heavy (non-hydrogen) atoms. The van der Waals surface area contributed by atoms with Crippen molar-refractivity contribution in [3.63, 3.8) is 0 Å². The molecular weight excluding hydrogens is 316 g/mol. The highest BCUT2D eigenvalue weighted by atomic mass is 16.6. The van der Waals surface area contributed by atoms with Crippen molar-refractivity contribution < 1.29 is 14.3 Å². The van der Waals surface area contributed by atoms with Gasteiger partial charge in [-0.25, -0.2) is 4.79 Å². The molecule has 5 nitrogen and oxygen atoms in total. The number of hydrogen-bond acceptors (Lipinski definition) is 3. The molecule has 3 aliphatic rings. The lowest BCUT2D eigenvalue weighted by Gasteiger charge is -2.45. The fourth-order valence-corrected chi connectivity index (χ4v) is 3.88. The maximum absolute atomic E-state index is 13.1. The highest BCUT2D eigenvalue weighted by Crippen LogP contribution is 2.53. The van der Waals surface area contributed by atoms with E-state index in [1.165, 1.54) is 12.8 Å². The Kier molecular flexibility index (Phi) is 3.60. The molecule has 1 saturated heterocycles. The van der Waals surface area contributed by atoms with Gasteiger partial charge in [0.15, 0.2) is 0 Å². The molecule has 1 saturated carbocycles. The molecule has 2 aliphatic heterocycles. The predicted molar refractivity (Wildman–Crippen MR) is 94.0 cm³/mol. The fourth-order valence-electron chi connectivity index (χ4n) is 3.88. The summed E-state index contributed by atoms with van der Waals surface area (Å²) in [5.41, 5.74) is 2.09. The summed E-state index contributed by atoms with van der Waals surface area (Å²) in [4.78, 5) is 29.3. The summed E-state index contributed by atoms with van der Waals surface area (Å²) in [6, 6.07) is 7.59. The first-order chi connectivity index (χ1) is 11.8. The average molecular weight is 342 g/mol. The summed E-state index contributed by atoms with van der Waals surface area (Å²) in [7, 11) is 0. The van der Waals surface area contributed by atoms with E-state index in [2.05, 4.69) is 6.07 Å². The molecule has 1 spiro atoms. The number of nitrogens with zero attached hydrogens (tertiary/aromatic N) is 2. The Bertz CT molecular complexity index is 710. The van der Waals surface area contributed by atoms with Gasteiger partial charge < -0.3 is 9.64 Å². The number of amides is 2. The van der Waals surface area contributed by atoms with E-state index in [4.69, 9.17) is 4.74 Å². The Labute approximate surface area is 148 Å². The minimum absolute atomic E-state index is 0.0675. The standard InChI is InChI=1S/C20H26N2O3/c1-19(2,3)25-18(24)22-11-15-7-5-4-6-14(15)10-16(22)17(23)21-12-20(13-21)8-9-20/h4-7,16H,8-13H2,1-3H3/t16-/m0/s1. The molecule has 0 N–H and O–H groups in total. The van der Waals surface area contributed by atoms with Gasteiger partial charge in [-0.2, -0.15) is 0 Å². The first kappa shape index (κ1) is 16.4. The molecule has 0 unspecified atom stereocenters. The number of hydrogen-bond donors (Lipinski definition) is 0. The second kappa shape index (κ2) is 5.48. The van der Waals surface area contributed by atoms with Crippen LogP contribution in [-0.4, -0.2) is 46.5 Å². The first-order valence-electron chi connectivity index (χ1n) is 9.12. The van der Waals surface area contributed by atoms with Gasteiger partial charge >= 0.3 is 6.09 Å². The molecule has 1 atom stereocenters. The molecular formula is C20H26N2O3. The van der Waals surface area contributed by atoms with Gasteiger partial charge in [0.2, 0.25) is 5.91 Å². The molecule has 2 heterocycles. The van der Waals surface area contributed by atoms with Crippen molar-refractivity contribution in [1.82, 2.24) is 9.80 Å². The Morgan fingerprint density at radius 2 is 1.76 bits per heavy atom. The van der Waals surface area contributed by atoms with E-state index in [1.807, 2.05) is 43.9 Å². The maximum atomic E-state index is 13.1. The van der Waals surface area contributed by atoms with Crippen molar-refractivity contribution in [3.05, 3.63) is 35.4 Å². The zero-order valence-electron chi connectivity index (χ0n) is 15.2. The van der Waals surface area contributed by atoms with E-state index in [9.17, 15) is 9.59 Å². The molecule has 1 aromatic rings. The maximum Gasteiger partial charge on any atom is 0.411 e. The van der Waals surface area contributed by atoms with E-state index >= 15 is 0 Å². The third-order valence-electron chi connectivity index (χ3n) is 5.48. The molecule has 0 aromatic heterocycles. The third-order valence-corrected chi connectivity index (χ3v) is 5.48. The molecule has 1 aromatic carbocycles. The summed E-state index contributed by atoms with van der Waals surface area (Å²) >= 11 is 0. The lowest BCUT2D eigenvalue weighted by molar-refractivity contribution is -0.145. The second-order valence-corrected chi connectivity index (χ2v) is 8.79. The van der Waals surface area contributed by atoms with Crippen molar-refractivity contribution in [2.45, 2.75) is 58.2 Å². The van der Waals surface area contributed by atoms with Crippen LogP contribution in [-0.2, 0) is 22.5 Å². The number of likely N-dealkylation sites (tertiary alicyclic amines) is 1. The van der Waals surface area contributed by atoms with Crippen LogP contribution in [0.4, 0.5) is 4.79 Å². The van der Waals surface area contributed by atoms with Gasteiger partial charge in [-0.05, 0) is 44.7 Å². The summed E-state index contributed by atoms with van der Waals surface area (Å²) in [6.07, 6.45) is 2.64. The van der Waals surface area contributed by atoms with Gasteiger partial charge in [0, 0.05) is 24.9 Å². The average Bonchev–Trinajstić information content (AvgIpc) is 3.31. The Morgan fingerprint density at radius 1 is 1.12 bits per heavy atom. The van der Waals surface area contributed by atoms with Crippen molar-refractivity contribution in [2.24, 2.45) is 5.41 Å². The number of fused-ring (bicyclic) bond motifs is 1. The molecule has 2 amide bonds. The molecule has 5 heteroatoms. The number of carbonyl (C=O) groups excluding carboxylic acids is 2. The van der Waals surface area contributed by atoms with Gasteiger partial charge in [-0.15, -0.1) is 0 Å². The van der Waals surface area contributed by atoms with E-state index in [-0.39, 0.29) is 5.91 Å². The largest absolute Gasteiger partial charge is 0.444 e. The van der Waals surface area contributed by atoms with Crippen LogP contribution in [0.3, 0.4) is 0 Å². The van der Waals surface area contributed by atoms with Gasteiger partial charge in [-0.3, -0.25) is 9.69 Å². The monoisotopic (exact) mass is 342 g/mol. The molecule has 0 radical (unpaired) electrons. The quantitative estimate of drug-likeness (QED) is 0.788. The number of ether oxygens (including phenoxy) is 1. The minimum atomic E-state index is -0.573. The van der Waals surface area contributed by atoms with Crippen LogP contribution in [0.15, 0.2) is 24.3 Å². The SMILES string of the molecule is CC(C)(C)OC(=O)N1Cc2ccccc2C[C@H]1C(=O)N1CC2(CC2)C1. The predicted octanol–water partition coefficient (Wildman–Crippen LogP) is 2.97. The Morgan fingerprint density at radius 3 is 2.36 bits per heavy atom. The molecule has 134 valence electrons. The molecule has 4 rings (SSSR count). The third kappa shape index (κ3) is 3.12. The Balaban J connectivity index is 1.56. The highest BCUT2D eigenvalue weighted by Gasteiger charge is 2.55. The number of rotatable bonds is 1. The fraction of sp³-hybridized carbons (Fsp3) is 0.600. The first-order valence-corrected chi connectivity index (χ1v) is 9.12. The normalized spacial score (nSPS) is 23.7. The van der Waals surface area contributed by atoms with E-state index in [1.54, 1.807) is 4.90 Å². The summed E-state index contributed by atoms with van der Waals surface area (Å²) in [5.74, 6) is 0.0675. The van der Waals surface area contributed by atoms with Crippen molar-refractivity contribution in [1.29, 1.82) is 0 Å². The van der Waals surface area contributed by atoms with Crippen LogP contribution in [0.25, 0.3) is 0 Å². The van der Waals surface area contributed by atoms with Crippen LogP contribution < -0.4 is 0 Å². The molecule has 2 fully saturated rings. The second-order valence-electron chi connectivity index (χ2n) is 8.79. The zero-order valence-corrected chi connectivity index (χ0v) is 15.2. The lowest BCUT2D eigenvalue weighted by Crippen LogP contribution is -2.60. The van der Waals surface area contributed by atoms with Crippen molar-refractivity contribution >= 4 is 12.0 Å². The zero-order chi connectivity index (χ0) is 17.8. The van der Waals surface area contributed by atoms with Gasteiger partial charge in [0.25, 0.3) is 0 Å². The summed E-state index contributed by atoms with van der Waals surface area (Å²) in [6.45, 7) is 7.70. The van der Waals surface area contributed by atoms with Gasteiger partial charge in [0.1, 0.15) is 11.6 Å². The summed E-state index contributed by atoms with van der Waals surface area (Å²) in [5, 5.41) is 0. The van der Waals surface area contributed by atoms with Crippen LogP contribution in [0, 0.1) is 5.41 Å². The van der Waals surface area contributed by atoms with Crippen LogP contribution in [0.1, 0.15) is 44.7 Å². The number of benzene rings is 1. The van der Waals surface area contributed by atoms with Crippen molar-refractivity contribution in [3.8, 4) is 0 Å². The smallest absolute Gasteiger partial charge is 0.411 e. The highest BCUT2D eigenvalue weighted by molar-refractivity contribution is 5.87. The topological polar surface area (TPSA) is 49.9 Å². The lowest BCUT2D eigenvalue weighted by atomic mass is 9.90. The van der Waals surface area contributed by atoms with Crippen LogP contribution in [0.5, 0.6) is 0 Å². The van der Waals surface area contributed by atoms with E-state index in [0.717, 1.165) is 24.2 Å². The summed E-state index contributed by atoms with van der Waals surface area (Å²) < 4.78 is 5.57. The van der Waals surface area contributed by atoms with Crippen LogP contribution >= 0.6 is 0 Å². The van der Waals surface area contributed by atoms with Gasteiger partial charge in [-0.1, -0.05) is 24.3 Å². The van der Waals surface area contributed by atoms with Gasteiger partial charge in [0.05, 0.1) is 6.54 Å². The molecule has 0 bridgehead atoms. The minimum Gasteiger partial charge on any atom is -0.444 e. The van der Waals surface area contributed by atoms with Crippen molar-refractivity contribution in [2.75, 3.05) is 13.1 Å². The Hall–Kier alpha value is -2.04. The van der Waals surface area contributed by atoms with Crippen LogP contribution in [0.2, 0.25) is 0 Å². The molecule has 1 aliphatic carbocycles. The van der Waals surface area contributed by atoms with E-state index < -0.39 is 17.7 Å².